The molecule has 0 fully saturated rings. The lowest BCUT2D eigenvalue weighted by Crippen LogP contribution is -1.96. The van der Waals surface area contributed by atoms with Gasteiger partial charge in [-0.05, 0) is 29.3 Å². The molecular formula is C16H22O2S. The normalized spacial score (nSPS) is 12.0. The lowest BCUT2D eigenvalue weighted by Gasteiger charge is -2.03. The lowest BCUT2D eigenvalue weighted by molar-refractivity contribution is 0.308. The Morgan fingerprint density at radius 2 is 1.79 bits per heavy atom. The van der Waals surface area contributed by atoms with Crippen LogP contribution in [0.15, 0.2) is 29.6 Å². The molecule has 3 heteroatoms. The molecule has 1 heterocycles. The maximum Gasteiger partial charge on any atom is 0.183 e. The van der Waals surface area contributed by atoms with E-state index in [-0.39, 0.29) is 0 Å². The molecule has 0 saturated heterocycles. The van der Waals surface area contributed by atoms with Crippen LogP contribution in [0.25, 0.3) is 10.1 Å². The maximum atomic E-state index is 11.8. The van der Waals surface area contributed by atoms with Crippen LogP contribution in [0.1, 0.15) is 45.4 Å². The number of ether oxygens (including phenoxy) is 1. The molecule has 0 saturated carbocycles. The molecule has 0 radical (unpaired) electrons. The topological polar surface area (TPSA) is 32.3 Å². The second kappa shape index (κ2) is 7.51. The number of rotatable bonds is 8. The van der Waals surface area contributed by atoms with E-state index in [4.69, 9.17) is 4.74 Å². The van der Waals surface area contributed by atoms with Crippen molar-refractivity contribution in [2.45, 2.75) is 45.4 Å². The Hall–Kier alpha value is -1.06. The van der Waals surface area contributed by atoms with Gasteiger partial charge in [-0.2, -0.15) is 0 Å². The highest BCUT2D eigenvalue weighted by Gasteiger charge is 2.12. The Bertz CT molecular complexity index is 504. The summed E-state index contributed by atoms with van der Waals surface area (Å²) >= 11 is 0. The minimum absolute atomic E-state index is 0.726. The first-order chi connectivity index (χ1) is 9.33. The van der Waals surface area contributed by atoms with E-state index in [1.807, 2.05) is 24.3 Å². The van der Waals surface area contributed by atoms with Crippen LogP contribution in [0.5, 0.6) is 5.75 Å². The average molecular weight is 278 g/mol. The standard InChI is InChI=1S/C16H22O2S/c1-2-3-4-5-6-9-12-18-15-13-19(17)16-11-8-7-10-14(15)16/h7-8,10-11,13H,2-6,9,12H2,1H3. The van der Waals surface area contributed by atoms with Crippen LogP contribution in [0.3, 0.4) is 0 Å². The molecule has 0 spiro atoms. The Kier molecular flexibility index (Phi) is 5.67. The summed E-state index contributed by atoms with van der Waals surface area (Å²) < 4.78 is 18.5. The van der Waals surface area contributed by atoms with Crippen molar-refractivity contribution in [3.05, 3.63) is 29.6 Å². The summed E-state index contributed by atoms with van der Waals surface area (Å²) in [5.74, 6) is 0.794. The fourth-order valence-electron chi connectivity index (χ4n) is 2.25. The average Bonchev–Trinajstić information content (AvgIpc) is 2.75. The van der Waals surface area contributed by atoms with Crippen molar-refractivity contribution in [2.75, 3.05) is 6.61 Å². The zero-order chi connectivity index (χ0) is 13.5. The summed E-state index contributed by atoms with van der Waals surface area (Å²) in [6.07, 6.45) is 7.53. The molecule has 19 heavy (non-hydrogen) atoms. The molecule has 1 aromatic carbocycles. The van der Waals surface area contributed by atoms with E-state index in [1.165, 1.54) is 32.1 Å². The van der Waals surface area contributed by atoms with Crippen LogP contribution in [-0.2, 0) is 0 Å². The number of unbranched alkanes of at least 4 members (excludes halogenated alkanes) is 5. The lowest BCUT2D eigenvalue weighted by atomic mass is 10.1. The zero-order valence-electron chi connectivity index (χ0n) is 11.6. The molecule has 2 aromatic rings. The largest absolute Gasteiger partial charge is 0.590 e. The van der Waals surface area contributed by atoms with E-state index in [1.54, 1.807) is 5.38 Å². The highest BCUT2D eigenvalue weighted by atomic mass is 32.2. The Morgan fingerprint density at radius 1 is 1.05 bits per heavy atom. The predicted molar refractivity (Wildman–Crippen MR) is 81.5 cm³/mol. The quantitative estimate of drug-likeness (QED) is 0.484. The predicted octanol–water partition coefficient (Wildman–Crippen LogP) is 5.31. The van der Waals surface area contributed by atoms with Gasteiger partial charge in [-0.3, -0.25) is 0 Å². The number of benzene rings is 1. The first-order valence-electron chi connectivity index (χ1n) is 7.17. The Labute approximate surface area is 118 Å². The van der Waals surface area contributed by atoms with E-state index in [0.717, 1.165) is 28.9 Å². The second-order valence-corrected chi connectivity index (χ2v) is 6.16. The fourth-order valence-corrected chi connectivity index (χ4v) is 3.36. The summed E-state index contributed by atoms with van der Waals surface area (Å²) in [6.45, 7) is 2.96. The van der Waals surface area contributed by atoms with Crippen LogP contribution in [-0.4, -0.2) is 11.2 Å². The molecule has 0 amide bonds. The van der Waals surface area contributed by atoms with Gasteiger partial charge in [-0.1, -0.05) is 51.2 Å². The molecule has 0 N–H and O–H groups in total. The van der Waals surface area contributed by atoms with Crippen LogP contribution >= 0.6 is 10.8 Å². The minimum atomic E-state index is -1.03. The van der Waals surface area contributed by atoms with Gasteiger partial charge in [-0.25, -0.2) is 0 Å². The van der Waals surface area contributed by atoms with Gasteiger partial charge >= 0.3 is 0 Å². The SMILES string of the molecule is CCCCCCCCOc1c[s+]([O-])c2ccccc12. The van der Waals surface area contributed by atoms with Crippen molar-refractivity contribution in [1.82, 2.24) is 0 Å². The first kappa shape index (κ1) is 14.4. The molecule has 0 bridgehead atoms. The van der Waals surface area contributed by atoms with Crippen molar-refractivity contribution in [1.29, 1.82) is 0 Å². The van der Waals surface area contributed by atoms with Crippen LogP contribution in [0.2, 0.25) is 0 Å². The van der Waals surface area contributed by atoms with Crippen LogP contribution in [0.4, 0.5) is 0 Å². The molecule has 1 unspecified atom stereocenters. The van der Waals surface area contributed by atoms with Crippen molar-refractivity contribution in [2.24, 2.45) is 0 Å². The summed E-state index contributed by atoms with van der Waals surface area (Å²) in [7, 11) is -1.03. The second-order valence-electron chi connectivity index (χ2n) is 4.89. The number of hydrogen-bond acceptors (Lipinski definition) is 2. The zero-order valence-corrected chi connectivity index (χ0v) is 12.4. The highest BCUT2D eigenvalue weighted by Crippen LogP contribution is 2.37. The van der Waals surface area contributed by atoms with E-state index >= 15 is 0 Å². The van der Waals surface area contributed by atoms with Gasteiger partial charge in [0.2, 0.25) is 0 Å². The third-order valence-electron chi connectivity index (χ3n) is 3.34. The highest BCUT2D eigenvalue weighted by molar-refractivity contribution is 7.30. The van der Waals surface area contributed by atoms with Crippen molar-refractivity contribution in [3.8, 4) is 5.75 Å². The molecule has 104 valence electrons. The third-order valence-corrected chi connectivity index (χ3v) is 4.56. The summed E-state index contributed by atoms with van der Waals surface area (Å²) in [5.41, 5.74) is 0. The number of hydrogen-bond donors (Lipinski definition) is 0. The van der Waals surface area contributed by atoms with Crippen molar-refractivity contribution >= 4 is 20.8 Å². The van der Waals surface area contributed by atoms with Crippen LogP contribution in [0, 0.1) is 0 Å². The summed E-state index contributed by atoms with van der Waals surface area (Å²) in [6, 6.07) is 7.76. The molecule has 1 aromatic heterocycles. The van der Waals surface area contributed by atoms with Crippen molar-refractivity contribution < 1.29 is 9.29 Å². The Morgan fingerprint density at radius 3 is 2.63 bits per heavy atom. The van der Waals surface area contributed by atoms with Gasteiger partial charge < -0.3 is 9.29 Å². The van der Waals surface area contributed by atoms with Gasteiger partial charge in [0.05, 0.1) is 12.0 Å². The van der Waals surface area contributed by atoms with E-state index < -0.39 is 10.8 Å². The van der Waals surface area contributed by atoms with Gasteiger partial charge in [0.15, 0.2) is 15.8 Å². The maximum absolute atomic E-state index is 11.8. The molecule has 1 atom stereocenters. The van der Waals surface area contributed by atoms with E-state index in [9.17, 15) is 4.55 Å². The first-order valence-corrected chi connectivity index (χ1v) is 8.39. The molecule has 0 aliphatic carbocycles. The molecular weight excluding hydrogens is 256 g/mol. The Balaban J connectivity index is 1.79. The summed E-state index contributed by atoms with van der Waals surface area (Å²) in [4.78, 5) is 0. The van der Waals surface area contributed by atoms with Crippen LogP contribution < -0.4 is 4.74 Å². The minimum Gasteiger partial charge on any atom is -0.590 e. The summed E-state index contributed by atoms with van der Waals surface area (Å²) in [5, 5.41) is 2.72. The smallest absolute Gasteiger partial charge is 0.183 e. The third kappa shape index (κ3) is 3.95. The fraction of sp³-hybridized carbons (Fsp3) is 0.500. The molecule has 0 aliphatic rings. The monoisotopic (exact) mass is 278 g/mol. The molecule has 2 nitrogen and oxygen atoms in total. The van der Waals surface area contributed by atoms with E-state index in [0.29, 0.717) is 0 Å². The van der Waals surface area contributed by atoms with E-state index in [2.05, 4.69) is 6.92 Å². The van der Waals surface area contributed by atoms with Crippen molar-refractivity contribution in [3.63, 3.8) is 0 Å². The molecule has 2 rings (SSSR count). The van der Waals surface area contributed by atoms with Gasteiger partial charge in [0, 0.05) is 0 Å². The van der Waals surface area contributed by atoms with Gasteiger partial charge in [-0.15, -0.1) is 0 Å². The van der Waals surface area contributed by atoms with Gasteiger partial charge in [0.25, 0.3) is 0 Å². The number of fused-ring (bicyclic) bond motifs is 1. The molecule has 0 aliphatic heterocycles. The van der Waals surface area contributed by atoms with Gasteiger partial charge in [0.1, 0.15) is 0 Å². The number of thiophene rings is 1.